The number of rotatable bonds is 5. The van der Waals surface area contributed by atoms with E-state index < -0.39 is 11.7 Å². The van der Waals surface area contributed by atoms with Gasteiger partial charge in [0.2, 0.25) is 0 Å². The molecule has 1 N–H and O–H groups in total. The summed E-state index contributed by atoms with van der Waals surface area (Å²) in [5, 5.41) is 6.98. The number of hydrogen-bond donors (Lipinski definition) is 1. The van der Waals surface area contributed by atoms with Gasteiger partial charge in [0.1, 0.15) is 0 Å². The van der Waals surface area contributed by atoms with Gasteiger partial charge in [-0.3, -0.25) is 4.68 Å². The fraction of sp³-hybridized carbons (Fsp3) is 0.357. The smallest absolute Gasteiger partial charge is 0.380 e. The number of hydrogen-bond acceptors (Lipinski definition) is 2. The van der Waals surface area contributed by atoms with E-state index in [2.05, 4.69) is 26.3 Å². The predicted octanol–water partition coefficient (Wildman–Crippen LogP) is 4.69. The van der Waals surface area contributed by atoms with Gasteiger partial charge in [0.25, 0.3) is 0 Å². The lowest BCUT2D eigenvalue weighted by Crippen LogP contribution is -2.10. The van der Waals surface area contributed by atoms with Crippen LogP contribution in [0.25, 0.3) is 0 Å². The van der Waals surface area contributed by atoms with Gasteiger partial charge in [-0.2, -0.15) is 18.3 Å². The van der Waals surface area contributed by atoms with Gasteiger partial charge in [-0.15, -0.1) is 0 Å². The van der Waals surface area contributed by atoms with E-state index in [0.29, 0.717) is 11.0 Å². The van der Waals surface area contributed by atoms with E-state index >= 15 is 0 Å². The lowest BCUT2D eigenvalue weighted by molar-refractivity contribution is -0.137. The SMILES string of the molecule is CCCn1cc(CNc2ccc(Br)cc2C(F)(F)F)cn1. The minimum Gasteiger partial charge on any atom is -0.380 e. The molecule has 0 unspecified atom stereocenters. The van der Waals surface area contributed by atoms with Crippen molar-refractivity contribution in [2.45, 2.75) is 32.6 Å². The van der Waals surface area contributed by atoms with Crippen molar-refractivity contribution in [1.82, 2.24) is 9.78 Å². The topological polar surface area (TPSA) is 29.9 Å². The van der Waals surface area contributed by atoms with Gasteiger partial charge < -0.3 is 5.32 Å². The van der Waals surface area contributed by atoms with Crippen molar-refractivity contribution in [3.8, 4) is 0 Å². The standard InChI is InChI=1S/C14H15BrF3N3/c1-2-5-21-9-10(8-20-21)7-19-13-4-3-11(15)6-12(13)14(16,17)18/h3-4,6,8-9,19H,2,5,7H2,1H3. The second-order valence-electron chi connectivity index (χ2n) is 4.65. The third-order valence-electron chi connectivity index (χ3n) is 2.91. The average molecular weight is 362 g/mol. The van der Waals surface area contributed by atoms with Crippen molar-refractivity contribution < 1.29 is 13.2 Å². The largest absolute Gasteiger partial charge is 0.418 e. The Morgan fingerprint density at radius 2 is 2.10 bits per heavy atom. The maximum atomic E-state index is 13.0. The summed E-state index contributed by atoms with van der Waals surface area (Å²) >= 11 is 3.06. The van der Waals surface area contributed by atoms with Crippen LogP contribution in [0.2, 0.25) is 0 Å². The number of anilines is 1. The summed E-state index contributed by atoms with van der Waals surface area (Å²) in [6.45, 7) is 3.14. The first kappa shape index (κ1) is 15.9. The molecule has 7 heteroatoms. The molecule has 0 aliphatic rings. The van der Waals surface area contributed by atoms with E-state index in [4.69, 9.17) is 0 Å². The zero-order valence-electron chi connectivity index (χ0n) is 11.4. The molecule has 114 valence electrons. The highest BCUT2D eigenvalue weighted by molar-refractivity contribution is 9.10. The summed E-state index contributed by atoms with van der Waals surface area (Å²) in [6, 6.07) is 4.07. The molecule has 0 amide bonds. The van der Waals surface area contributed by atoms with Crippen molar-refractivity contribution >= 4 is 21.6 Å². The predicted molar refractivity (Wildman–Crippen MR) is 79.0 cm³/mol. The Hall–Kier alpha value is -1.50. The lowest BCUT2D eigenvalue weighted by atomic mass is 10.1. The van der Waals surface area contributed by atoms with E-state index in [1.165, 1.54) is 6.07 Å². The molecule has 0 aliphatic heterocycles. The Morgan fingerprint density at radius 3 is 2.76 bits per heavy atom. The molecule has 0 atom stereocenters. The molecule has 2 rings (SSSR count). The highest BCUT2D eigenvalue weighted by Crippen LogP contribution is 2.36. The minimum atomic E-state index is -4.39. The molecule has 1 aromatic heterocycles. The minimum absolute atomic E-state index is 0.0638. The number of halogens is 4. The van der Waals surface area contributed by atoms with E-state index in [9.17, 15) is 13.2 Å². The van der Waals surface area contributed by atoms with E-state index in [-0.39, 0.29) is 5.69 Å². The molecule has 0 aliphatic carbocycles. The number of nitrogens with one attached hydrogen (secondary N) is 1. The van der Waals surface area contributed by atoms with Crippen LogP contribution in [0.1, 0.15) is 24.5 Å². The molecule has 0 saturated carbocycles. The van der Waals surface area contributed by atoms with E-state index in [1.807, 2.05) is 13.1 Å². The van der Waals surface area contributed by atoms with Gasteiger partial charge in [-0.25, -0.2) is 0 Å². The summed E-state index contributed by atoms with van der Waals surface area (Å²) in [4.78, 5) is 0. The molecule has 1 heterocycles. The average Bonchev–Trinajstić information content (AvgIpc) is 2.84. The Kier molecular flexibility index (Phi) is 4.92. The van der Waals surface area contributed by atoms with Crippen LogP contribution < -0.4 is 5.32 Å². The summed E-state index contributed by atoms with van der Waals surface area (Å²) in [7, 11) is 0. The first-order valence-corrected chi connectivity index (χ1v) is 7.31. The molecule has 0 spiro atoms. The number of nitrogens with zero attached hydrogens (tertiary/aromatic N) is 2. The molecule has 0 bridgehead atoms. The Labute approximate surface area is 129 Å². The molecule has 0 radical (unpaired) electrons. The second-order valence-corrected chi connectivity index (χ2v) is 5.57. The monoisotopic (exact) mass is 361 g/mol. The van der Waals surface area contributed by atoms with Gasteiger partial charge in [0.15, 0.2) is 0 Å². The van der Waals surface area contributed by atoms with Crippen LogP contribution >= 0.6 is 15.9 Å². The number of alkyl halides is 3. The van der Waals surface area contributed by atoms with Crippen LogP contribution in [-0.2, 0) is 19.3 Å². The van der Waals surface area contributed by atoms with E-state index in [1.54, 1.807) is 16.9 Å². The fourth-order valence-electron chi connectivity index (χ4n) is 1.95. The van der Waals surface area contributed by atoms with Crippen LogP contribution in [0.15, 0.2) is 35.1 Å². The maximum Gasteiger partial charge on any atom is 0.418 e. The number of aromatic nitrogens is 2. The molecule has 1 aromatic carbocycles. The van der Waals surface area contributed by atoms with Crippen LogP contribution in [-0.4, -0.2) is 9.78 Å². The normalized spacial score (nSPS) is 11.7. The highest BCUT2D eigenvalue weighted by Gasteiger charge is 2.33. The van der Waals surface area contributed by atoms with Crippen molar-refractivity contribution in [2.24, 2.45) is 0 Å². The van der Waals surface area contributed by atoms with Crippen LogP contribution in [0.3, 0.4) is 0 Å². The summed E-state index contributed by atoms with van der Waals surface area (Å²) in [5.41, 5.74) is 0.228. The molecule has 0 saturated heterocycles. The second kappa shape index (κ2) is 6.51. The lowest BCUT2D eigenvalue weighted by Gasteiger charge is -2.14. The van der Waals surface area contributed by atoms with Crippen molar-refractivity contribution in [1.29, 1.82) is 0 Å². The molecule has 21 heavy (non-hydrogen) atoms. The van der Waals surface area contributed by atoms with Gasteiger partial charge in [0, 0.05) is 35.0 Å². The maximum absolute atomic E-state index is 13.0. The first-order chi connectivity index (χ1) is 9.90. The zero-order chi connectivity index (χ0) is 15.5. The van der Waals surface area contributed by atoms with Crippen LogP contribution in [0.4, 0.5) is 18.9 Å². The van der Waals surface area contributed by atoms with Gasteiger partial charge in [-0.05, 0) is 24.6 Å². The highest BCUT2D eigenvalue weighted by atomic mass is 79.9. The Morgan fingerprint density at radius 1 is 1.33 bits per heavy atom. The number of benzene rings is 1. The molecular weight excluding hydrogens is 347 g/mol. The van der Waals surface area contributed by atoms with E-state index in [0.717, 1.165) is 24.6 Å². The Balaban J connectivity index is 2.12. The summed E-state index contributed by atoms with van der Waals surface area (Å²) in [6.07, 6.45) is 0.0649. The van der Waals surface area contributed by atoms with Crippen molar-refractivity contribution in [2.75, 3.05) is 5.32 Å². The number of aryl methyl sites for hydroxylation is 1. The zero-order valence-corrected chi connectivity index (χ0v) is 13.0. The van der Waals surface area contributed by atoms with Crippen molar-refractivity contribution in [3.63, 3.8) is 0 Å². The Bertz CT molecular complexity index is 608. The third-order valence-corrected chi connectivity index (χ3v) is 3.40. The molecule has 3 nitrogen and oxygen atoms in total. The van der Waals surface area contributed by atoms with Gasteiger partial charge >= 0.3 is 6.18 Å². The molecule has 0 fully saturated rings. The first-order valence-electron chi connectivity index (χ1n) is 6.52. The molecular formula is C14H15BrF3N3. The summed E-state index contributed by atoms with van der Waals surface area (Å²) < 4.78 is 41.1. The van der Waals surface area contributed by atoms with Gasteiger partial charge in [0.05, 0.1) is 11.8 Å². The van der Waals surface area contributed by atoms with Crippen LogP contribution in [0.5, 0.6) is 0 Å². The quantitative estimate of drug-likeness (QED) is 0.837. The van der Waals surface area contributed by atoms with Crippen LogP contribution in [0, 0.1) is 0 Å². The summed E-state index contributed by atoms with van der Waals surface area (Å²) in [5.74, 6) is 0. The fourth-order valence-corrected chi connectivity index (χ4v) is 2.31. The third kappa shape index (κ3) is 4.23. The molecule has 2 aromatic rings. The van der Waals surface area contributed by atoms with Gasteiger partial charge in [-0.1, -0.05) is 22.9 Å². The van der Waals surface area contributed by atoms with Crippen molar-refractivity contribution in [3.05, 3.63) is 46.2 Å².